The van der Waals surface area contributed by atoms with Gasteiger partial charge in [0.05, 0.1) is 16.2 Å². The van der Waals surface area contributed by atoms with E-state index < -0.39 is 5.97 Å². The first-order chi connectivity index (χ1) is 12.9. The van der Waals surface area contributed by atoms with Crippen LogP contribution >= 0.6 is 35.0 Å². The van der Waals surface area contributed by atoms with Crippen LogP contribution in [0.1, 0.15) is 22.8 Å². The summed E-state index contributed by atoms with van der Waals surface area (Å²) in [6.07, 6.45) is 1.70. The van der Waals surface area contributed by atoms with Gasteiger partial charge in [0, 0.05) is 16.6 Å². The molecule has 138 valence electrons. The summed E-state index contributed by atoms with van der Waals surface area (Å²) in [5.41, 5.74) is 1.29. The third-order valence-electron chi connectivity index (χ3n) is 3.77. The Morgan fingerprint density at radius 2 is 2.04 bits per heavy atom. The average molecular weight is 421 g/mol. The van der Waals surface area contributed by atoms with E-state index in [2.05, 4.69) is 4.99 Å². The van der Waals surface area contributed by atoms with Crippen LogP contribution in [0.5, 0.6) is 0 Å². The Balaban J connectivity index is 1.96. The van der Waals surface area contributed by atoms with Gasteiger partial charge in [0.1, 0.15) is 0 Å². The molecule has 1 saturated heterocycles. The lowest BCUT2D eigenvalue weighted by Gasteiger charge is -2.12. The quantitative estimate of drug-likeness (QED) is 0.679. The molecule has 2 aromatic rings. The lowest BCUT2D eigenvalue weighted by molar-refractivity contribution is -0.122. The van der Waals surface area contributed by atoms with Crippen molar-refractivity contribution in [1.82, 2.24) is 4.90 Å². The monoisotopic (exact) mass is 420 g/mol. The molecule has 0 saturated carbocycles. The smallest absolute Gasteiger partial charge is 0.335 e. The molecule has 0 bridgehead atoms. The number of amides is 1. The summed E-state index contributed by atoms with van der Waals surface area (Å²) in [5.74, 6) is -1.21. The molecule has 0 aliphatic carbocycles. The van der Waals surface area contributed by atoms with Gasteiger partial charge in [0.2, 0.25) is 0 Å². The van der Waals surface area contributed by atoms with Gasteiger partial charge in [-0.25, -0.2) is 9.79 Å². The minimum Gasteiger partial charge on any atom is -0.478 e. The van der Waals surface area contributed by atoms with Crippen molar-refractivity contribution in [2.45, 2.75) is 6.92 Å². The summed E-state index contributed by atoms with van der Waals surface area (Å²) in [5, 5.41) is 10.6. The minimum atomic E-state index is -1.03. The Morgan fingerprint density at radius 3 is 2.70 bits per heavy atom. The summed E-state index contributed by atoms with van der Waals surface area (Å²) in [4.78, 5) is 30.3. The summed E-state index contributed by atoms with van der Waals surface area (Å²) < 4.78 is 0. The molecule has 5 nitrogen and oxygen atoms in total. The van der Waals surface area contributed by atoms with Crippen LogP contribution in [-0.2, 0) is 4.79 Å². The van der Waals surface area contributed by atoms with Crippen LogP contribution in [0.2, 0.25) is 10.0 Å². The second kappa shape index (κ2) is 8.17. The van der Waals surface area contributed by atoms with Crippen molar-refractivity contribution in [2.75, 3.05) is 6.54 Å². The van der Waals surface area contributed by atoms with Gasteiger partial charge in [0.15, 0.2) is 5.17 Å². The van der Waals surface area contributed by atoms with Crippen LogP contribution < -0.4 is 0 Å². The number of aliphatic imine (C=N–C) groups is 1. The van der Waals surface area contributed by atoms with E-state index >= 15 is 0 Å². The number of carbonyl (C=O) groups excluding carboxylic acids is 1. The first-order valence-corrected chi connectivity index (χ1v) is 9.55. The highest BCUT2D eigenvalue weighted by molar-refractivity contribution is 8.18. The van der Waals surface area contributed by atoms with Gasteiger partial charge in [-0.2, -0.15) is 0 Å². The Labute approximate surface area is 170 Å². The molecule has 0 unspecified atom stereocenters. The molecule has 0 aromatic heterocycles. The zero-order valence-electron chi connectivity index (χ0n) is 14.1. The molecule has 0 spiro atoms. The molecule has 1 amide bonds. The number of halogens is 2. The fourth-order valence-corrected chi connectivity index (χ4v) is 3.97. The number of amidine groups is 1. The van der Waals surface area contributed by atoms with Gasteiger partial charge < -0.3 is 5.11 Å². The highest BCUT2D eigenvalue weighted by Crippen LogP contribution is 2.35. The van der Waals surface area contributed by atoms with Gasteiger partial charge in [0.25, 0.3) is 5.91 Å². The molecule has 0 radical (unpaired) electrons. The topological polar surface area (TPSA) is 70.0 Å². The van der Waals surface area contributed by atoms with Crippen LogP contribution in [0.4, 0.5) is 5.69 Å². The lowest BCUT2D eigenvalue weighted by atomic mass is 10.2. The molecular weight excluding hydrogens is 407 g/mol. The third kappa shape index (κ3) is 4.35. The van der Waals surface area contributed by atoms with E-state index in [1.54, 1.807) is 36.4 Å². The summed E-state index contributed by atoms with van der Waals surface area (Å²) in [6, 6.07) is 11.3. The van der Waals surface area contributed by atoms with Gasteiger partial charge in [-0.15, -0.1) is 0 Å². The number of carbonyl (C=O) groups is 2. The van der Waals surface area contributed by atoms with Crippen molar-refractivity contribution in [3.05, 3.63) is 68.5 Å². The van der Waals surface area contributed by atoms with Crippen LogP contribution in [-0.4, -0.2) is 33.6 Å². The SMILES string of the molecule is CCN1C(=O)/C(=C\c2ccc(Cl)cc2Cl)SC1=Nc1cccc(C(=O)O)c1. The Bertz CT molecular complexity index is 989. The second-order valence-electron chi connectivity index (χ2n) is 5.58. The number of aromatic carboxylic acids is 1. The molecule has 8 heteroatoms. The van der Waals surface area contributed by atoms with E-state index in [0.717, 1.165) is 0 Å². The van der Waals surface area contributed by atoms with Gasteiger partial charge >= 0.3 is 5.97 Å². The lowest BCUT2D eigenvalue weighted by Crippen LogP contribution is -2.28. The zero-order chi connectivity index (χ0) is 19.6. The maximum atomic E-state index is 12.7. The van der Waals surface area contributed by atoms with Crippen LogP contribution in [0.3, 0.4) is 0 Å². The van der Waals surface area contributed by atoms with Gasteiger partial charge in [-0.1, -0.05) is 35.3 Å². The van der Waals surface area contributed by atoms with E-state index in [9.17, 15) is 9.59 Å². The van der Waals surface area contributed by atoms with Crippen LogP contribution in [0.15, 0.2) is 52.4 Å². The molecule has 1 fully saturated rings. The Hall–Kier alpha value is -2.28. The number of carboxylic acid groups (broad SMARTS) is 1. The van der Waals surface area contributed by atoms with Crippen molar-refractivity contribution >= 4 is 63.8 Å². The fraction of sp³-hybridized carbons (Fsp3) is 0.105. The molecule has 2 aromatic carbocycles. The first kappa shape index (κ1) is 19.5. The molecule has 1 aliphatic rings. The molecular formula is C19H14Cl2N2O3S. The van der Waals surface area contributed by atoms with Crippen molar-refractivity contribution in [2.24, 2.45) is 4.99 Å². The number of likely N-dealkylation sites (N-methyl/N-ethyl adjacent to an activating group) is 1. The van der Waals surface area contributed by atoms with Crippen molar-refractivity contribution < 1.29 is 14.7 Å². The number of nitrogens with zero attached hydrogens (tertiary/aromatic N) is 2. The van der Waals surface area contributed by atoms with Crippen molar-refractivity contribution in [1.29, 1.82) is 0 Å². The minimum absolute atomic E-state index is 0.137. The molecule has 0 atom stereocenters. The number of rotatable bonds is 4. The number of thioether (sulfide) groups is 1. The maximum Gasteiger partial charge on any atom is 0.335 e. The third-order valence-corrected chi connectivity index (χ3v) is 5.34. The van der Waals surface area contributed by atoms with E-state index in [0.29, 0.717) is 37.9 Å². The zero-order valence-corrected chi connectivity index (χ0v) is 16.5. The normalized spacial score (nSPS) is 17.1. The van der Waals surface area contributed by atoms with Gasteiger partial charge in [-0.05, 0) is 60.7 Å². The van der Waals surface area contributed by atoms with E-state index in [4.69, 9.17) is 28.3 Å². The molecule has 1 heterocycles. The summed E-state index contributed by atoms with van der Waals surface area (Å²) >= 11 is 13.3. The second-order valence-corrected chi connectivity index (χ2v) is 7.43. The average Bonchev–Trinajstić information content (AvgIpc) is 2.92. The highest BCUT2D eigenvalue weighted by atomic mass is 35.5. The maximum absolute atomic E-state index is 12.7. The number of carboxylic acids is 1. The van der Waals surface area contributed by atoms with Crippen LogP contribution in [0, 0.1) is 0 Å². The molecule has 1 N–H and O–H groups in total. The molecule has 3 rings (SSSR count). The fourth-order valence-electron chi connectivity index (χ4n) is 2.45. The summed E-state index contributed by atoms with van der Waals surface area (Å²) in [7, 11) is 0. The largest absolute Gasteiger partial charge is 0.478 e. The molecule has 1 aliphatic heterocycles. The standard InChI is InChI=1S/C19H14Cl2N2O3S/c1-2-23-17(24)16(9-11-6-7-13(20)10-15(11)21)27-19(23)22-14-5-3-4-12(8-14)18(25)26/h3-10H,2H2,1H3,(H,25,26)/b16-9+,22-19?. The number of benzene rings is 2. The Kier molecular flexibility index (Phi) is 5.89. The highest BCUT2D eigenvalue weighted by Gasteiger charge is 2.32. The predicted octanol–water partition coefficient (Wildman–Crippen LogP) is 5.32. The van der Waals surface area contributed by atoms with Gasteiger partial charge in [-0.3, -0.25) is 9.69 Å². The van der Waals surface area contributed by atoms with Crippen LogP contribution in [0.25, 0.3) is 6.08 Å². The van der Waals surface area contributed by atoms with E-state index in [1.165, 1.54) is 28.8 Å². The van der Waals surface area contributed by atoms with E-state index in [-0.39, 0.29) is 11.5 Å². The van der Waals surface area contributed by atoms with Crippen molar-refractivity contribution in [3.63, 3.8) is 0 Å². The predicted molar refractivity (Wildman–Crippen MR) is 110 cm³/mol. The number of hydrogen-bond acceptors (Lipinski definition) is 4. The Morgan fingerprint density at radius 1 is 1.26 bits per heavy atom. The first-order valence-electron chi connectivity index (χ1n) is 7.97. The van der Waals surface area contributed by atoms with Crippen molar-refractivity contribution in [3.8, 4) is 0 Å². The van der Waals surface area contributed by atoms with E-state index in [1.807, 2.05) is 6.92 Å². The summed E-state index contributed by atoms with van der Waals surface area (Å²) in [6.45, 7) is 2.29. The number of hydrogen-bond donors (Lipinski definition) is 1. The molecule has 27 heavy (non-hydrogen) atoms.